The summed E-state index contributed by atoms with van der Waals surface area (Å²) >= 11 is 0. The monoisotopic (exact) mass is 406 g/mol. The van der Waals surface area contributed by atoms with E-state index >= 15 is 0 Å². The Morgan fingerprint density at radius 2 is 1.83 bits per heavy atom. The number of carbonyl (C=O) groups excluding carboxylic acids is 2. The molecule has 2 N–H and O–H groups in total. The van der Waals surface area contributed by atoms with E-state index in [1.54, 1.807) is 42.6 Å². The van der Waals surface area contributed by atoms with Gasteiger partial charge in [0.05, 0.1) is 24.9 Å². The van der Waals surface area contributed by atoms with Crippen LogP contribution in [0.5, 0.6) is 0 Å². The lowest BCUT2D eigenvalue weighted by molar-refractivity contribution is 0.0600. The van der Waals surface area contributed by atoms with Crippen LogP contribution in [0, 0.1) is 5.82 Å². The quantitative estimate of drug-likeness (QED) is 0.385. The summed E-state index contributed by atoms with van der Waals surface area (Å²) in [7, 11) is 1.29. The first kappa shape index (κ1) is 20.7. The number of aliphatic imine (C=N–C) groups is 1. The molecule has 0 unspecified atom stereocenters. The third-order valence-electron chi connectivity index (χ3n) is 3.99. The summed E-state index contributed by atoms with van der Waals surface area (Å²) in [6.07, 6.45) is 1.64. The third-order valence-corrected chi connectivity index (χ3v) is 3.99. The number of guanidine groups is 1. The first-order valence-corrected chi connectivity index (χ1v) is 9.02. The molecule has 1 amide bonds. The van der Waals surface area contributed by atoms with Gasteiger partial charge in [-0.1, -0.05) is 18.2 Å². The van der Waals surface area contributed by atoms with Crippen molar-refractivity contribution in [2.75, 3.05) is 12.4 Å². The van der Waals surface area contributed by atoms with Gasteiger partial charge in [0.15, 0.2) is 0 Å². The smallest absolute Gasteiger partial charge is 0.337 e. The number of pyridine rings is 1. The summed E-state index contributed by atoms with van der Waals surface area (Å²) in [5.41, 5.74) is 1.69. The third kappa shape index (κ3) is 5.71. The van der Waals surface area contributed by atoms with Gasteiger partial charge in [-0.3, -0.25) is 15.1 Å². The van der Waals surface area contributed by atoms with Crippen LogP contribution >= 0.6 is 0 Å². The molecule has 0 saturated heterocycles. The molecule has 7 nitrogen and oxygen atoms in total. The highest BCUT2D eigenvalue weighted by atomic mass is 19.1. The van der Waals surface area contributed by atoms with Gasteiger partial charge in [-0.05, 0) is 48.5 Å². The average Bonchev–Trinajstić information content (AvgIpc) is 2.77. The van der Waals surface area contributed by atoms with Gasteiger partial charge in [-0.2, -0.15) is 0 Å². The van der Waals surface area contributed by atoms with E-state index in [4.69, 9.17) is 4.74 Å². The molecule has 0 saturated carbocycles. The molecular formula is C22H19FN4O3. The van der Waals surface area contributed by atoms with Crippen molar-refractivity contribution in [3.05, 3.63) is 95.6 Å². The molecule has 0 fully saturated rings. The highest BCUT2D eigenvalue weighted by molar-refractivity contribution is 6.10. The summed E-state index contributed by atoms with van der Waals surface area (Å²) in [4.78, 5) is 32.9. The lowest BCUT2D eigenvalue weighted by Crippen LogP contribution is -2.36. The molecule has 0 aliphatic heterocycles. The first-order valence-electron chi connectivity index (χ1n) is 9.02. The Bertz CT molecular complexity index is 1070. The normalized spacial score (nSPS) is 10.9. The van der Waals surface area contributed by atoms with Gasteiger partial charge < -0.3 is 10.1 Å². The first-order chi connectivity index (χ1) is 14.5. The second kappa shape index (κ2) is 9.92. The predicted octanol–water partition coefficient (Wildman–Crippen LogP) is 3.41. The van der Waals surface area contributed by atoms with Crippen LogP contribution in [0.25, 0.3) is 0 Å². The van der Waals surface area contributed by atoms with Crippen LogP contribution in [0.2, 0.25) is 0 Å². The van der Waals surface area contributed by atoms with E-state index in [1.165, 1.54) is 25.3 Å². The lowest BCUT2D eigenvalue weighted by atomic mass is 10.2. The van der Waals surface area contributed by atoms with Crippen LogP contribution in [-0.2, 0) is 11.3 Å². The minimum atomic E-state index is -0.536. The lowest BCUT2D eigenvalue weighted by Gasteiger charge is -2.12. The average molecular weight is 406 g/mol. The van der Waals surface area contributed by atoms with Crippen molar-refractivity contribution in [3.8, 4) is 0 Å². The SMILES string of the molecule is COC(=O)c1cccc(NC(=NCc2ccccn2)NC(=O)c2cccc(F)c2)c1. The number of nitrogens with one attached hydrogen (secondary N) is 2. The number of benzene rings is 2. The summed E-state index contributed by atoms with van der Waals surface area (Å²) < 4.78 is 18.2. The Hall–Kier alpha value is -4.07. The molecule has 3 rings (SSSR count). The van der Waals surface area contributed by atoms with Crippen molar-refractivity contribution >= 4 is 23.5 Å². The van der Waals surface area contributed by atoms with E-state index < -0.39 is 17.7 Å². The van der Waals surface area contributed by atoms with Crippen LogP contribution in [0.1, 0.15) is 26.4 Å². The molecule has 3 aromatic rings. The van der Waals surface area contributed by atoms with Gasteiger partial charge >= 0.3 is 5.97 Å². The van der Waals surface area contributed by atoms with E-state index in [0.29, 0.717) is 16.9 Å². The molecule has 0 atom stereocenters. The second-order valence-electron chi connectivity index (χ2n) is 6.15. The number of hydrogen-bond donors (Lipinski definition) is 2. The molecule has 0 radical (unpaired) electrons. The zero-order valence-corrected chi connectivity index (χ0v) is 16.1. The molecule has 0 aliphatic carbocycles. The molecule has 1 aromatic heterocycles. The molecule has 0 aliphatic rings. The van der Waals surface area contributed by atoms with E-state index in [9.17, 15) is 14.0 Å². The van der Waals surface area contributed by atoms with Crippen molar-refractivity contribution in [2.24, 2.45) is 4.99 Å². The van der Waals surface area contributed by atoms with Crippen LogP contribution in [0.4, 0.5) is 10.1 Å². The Morgan fingerprint density at radius 3 is 2.57 bits per heavy atom. The fraction of sp³-hybridized carbons (Fsp3) is 0.0909. The van der Waals surface area contributed by atoms with Crippen LogP contribution < -0.4 is 10.6 Å². The molecule has 0 bridgehead atoms. The summed E-state index contributed by atoms with van der Waals surface area (Å²) in [5, 5.41) is 5.60. The number of halogens is 1. The summed E-state index contributed by atoms with van der Waals surface area (Å²) in [5.74, 6) is -1.43. The maximum atomic E-state index is 13.5. The van der Waals surface area contributed by atoms with Crippen LogP contribution in [0.3, 0.4) is 0 Å². The standard InChI is InChI=1S/C22H19FN4O3/c1-30-21(29)16-7-5-10-18(13-16)26-22(25-14-19-9-2-3-11-24-19)27-20(28)15-6-4-8-17(23)12-15/h2-13H,14H2,1H3,(H2,25,26,27,28). The minimum Gasteiger partial charge on any atom is -0.465 e. The number of ether oxygens (including phenoxy) is 1. The number of amides is 1. The number of rotatable bonds is 5. The van der Waals surface area contributed by atoms with Gasteiger partial charge in [0, 0.05) is 17.4 Å². The fourth-order valence-corrected chi connectivity index (χ4v) is 2.55. The molecular weight excluding hydrogens is 387 g/mol. The highest BCUT2D eigenvalue weighted by Crippen LogP contribution is 2.12. The van der Waals surface area contributed by atoms with Gasteiger partial charge in [-0.25, -0.2) is 14.2 Å². The Morgan fingerprint density at radius 1 is 1.03 bits per heavy atom. The van der Waals surface area contributed by atoms with Crippen LogP contribution in [-0.4, -0.2) is 29.9 Å². The molecule has 30 heavy (non-hydrogen) atoms. The number of nitrogens with zero attached hydrogens (tertiary/aromatic N) is 2. The Balaban J connectivity index is 1.83. The van der Waals surface area contributed by atoms with Gasteiger partial charge in [0.1, 0.15) is 5.82 Å². The predicted molar refractivity (Wildman–Crippen MR) is 111 cm³/mol. The number of methoxy groups -OCH3 is 1. The van der Waals surface area contributed by atoms with Crippen molar-refractivity contribution < 1.29 is 18.7 Å². The van der Waals surface area contributed by atoms with E-state index in [2.05, 4.69) is 20.6 Å². The maximum Gasteiger partial charge on any atom is 0.337 e. The van der Waals surface area contributed by atoms with Crippen molar-refractivity contribution in [2.45, 2.75) is 6.54 Å². The zero-order valence-electron chi connectivity index (χ0n) is 16.1. The largest absolute Gasteiger partial charge is 0.465 e. The number of aromatic nitrogens is 1. The molecule has 1 heterocycles. The summed E-state index contributed by atoms with van der Waals surface area (Å²) in [6, 6.07) is 17.3. The van der Waals surface area contributed by atoms with E-state index in [0.717, 1.165) is 6.07 Å². The molecule has 152 valence electrons. The van der Waals surface area contributed by atoms with Crippen molar-refractivity contribution in [1.29, 1.82) is 0 Å². The second-order valence-corrected chi connectivity index (χ2v) is 6.15. The number of hydrogen-bond acceptors (Lipinski definition) is 5. The fourth-order valence-electron chi connectivity index (χ4n) is 2.55. The topological polar surface area (TPSA) is 92.7 Å². The van der Waals surface area contributed by atoms with Crippen LogP contribution in [0.15, 0.2) is 77.9 Å². The van der Waals surface area contributed by atoms with Gasteiger partial charge in [0.25, 0.3) is 5.91 Å². The Labute approximate surface area is 172 Å². The molecule has 8 heteroatoms. The number of anilines is 1. The van der Waals surface area contributed by atoms with Gasteiger partial charge in [0.2, 0.25) is 5.96 Å². The zero-order chi connectivity index (χ0) is 21.3. The van der Waals surface area contributed by atoms with Crippen molar-refractivity contribution in [3.63, 3.8) is 0 Å². The van der Waals surface area contributed by atoms with E-state index in [1.807, 2.05) is 6.07 Å². The Kier molecular flexibility index (Phi) is 6.83. The maximum absolute atomic E-state index is 13.5. The van der Waals surface area contributed by atoms with E-state index in [-0.39, 0.29) is 18.1 Å². The van der Waals surface area contributed by atoms with Gasteiger partial charge in [-0.15, -0.1) is 0 Å². The molecule has 0 spiro atoms. The highest BCUT2D eigenvalue weighted by Gasteiger charge is 2.12. The van der Waals surface area contributed by atoms with Crippen molar-refractivity contribution in [1.82, 2.24) is 10.3 Å². The summed E-state index contributed by atoms with van der Waals surface area (Å²) in [6.45, 7) is 0.198. The minimum absolute atomic E-state index is 0.122. The number of esters is 1. The molecule has 2 aromatic carbocycles. The number of carbonyl (C=O) groups is 2.